The Labute approximate surface area is 245 Å². The van der Waals surface area contributed by atoms with E-state index in [2.05, 4.69) is 19.7 Å². The maximum Gasteiger partial charge on any atom is 0.337 e. The van der Waals surface area contributed by atoms with E-state index in [-0.39, 0.29) is 29.7 Å². The molecule has 0 saturated heterocycles. The van der Waals surface area contributed by atoms with Crippen molar-refractivity contribution in [3.05, 3.63) is 71.7 Å². The Morgan fingerprint density at radius 3 is 1.34 bits per heavy atom. The number of nitrogens with zero attached hydrogens (tertiary/aromatic N) is 4. The van der Waals surface area contributed by atoms with E-state index in [1.807, 2.05) is 6.92 Å². The third-order valence-corrected chi connectivity index (χ3v) is 4.59. The largest absolute Gasteiger partial charge is 0.481 e. The van der Waals surface area contributed by atoms with Crippen molar-refractivity contribution in [2.75, 3.05) is 49.2 Å². The molecule has 0 aliphatic carbocycles. The van der Waals surface area contributed by atoms with Gasteiger partial charge in [-0.3, -0.25) is 14.4 Å². The lowest BCUT2D eigenvalue weighted by molar-refractivity contribution is -0.0757. The number of ketones is 1. The molecule has 3 heterocycles. The predicted octanol–water partition coefficient (Wildman–Crippen LogP) is 3.88. The number of carboxylic acid groups (broad SMARTS) is 1. The van der Waals surface area contributed by atoms with E-state index in [9.17, 15) is 14.4 Å². The highest BCUT2D eigenvalue weighted by atomic mass is 35.5. The second-order valence-corrected chi connectivity index (χ2v) is 7.19. The number of hydroxylamine groups is 2. The van der Waals surface area contributed by atoms with Gasteiger partial charge in [-0.2, -0.15) is 0 Å². The summed E-state index contributed by atoms with van der Waals surface area (Å²) in [6.45, 7) is 4.28. The number of hydrogen-bond donors (Lipinski definition) is 1. The molecule has 14 heteroatoms. The summed E-state index contributed by atoms with van der Waals surface area (Å²) < 4.78 is 19.0. The Balaban J connectivity index is 0. The number of hydrogen-bond acceptors (Lipinski definition) is 11. The second kappa shape index (κ2) is 22.5. The first-order valence-electron chi connectivity index (χ1n) is 11.6. The van der Waals surface area contributed by atoms with Crippen LogP contribution in [0, 0.1) is 0 Å². The number of rotatable bonds is 8. The smallest absolute Gasteiger partial charge is 0.337 e. The molecular formula is C27H37ClN4O9. The van der Waals surface area contributed by atoms with Crippen LogP contribution in [0.2, 0.25) is 0 Å². The SMILES string of the molecule is CCOC.COc1ccc(C(=O)N(C)OC)cn1.COc1ccc(C(=O)O)cn1.COc1ccc(C(C)=O)cn1.Cl. The van der Waals surface area contributed by atoms with Crippen molar-refractivity contribution in [1.82, 2.24) is 20.0 Å². The summed E-state index contributed by atoms with van der Waals surface area (Å²) in [5, 5.41) is 9.60. The van der Waals surface area contributed by atoms with Gasteiger partial charge >= 0.3 is 5.97 Å². The number of aromatic carboxylic acids is 1. The van der Waals surface area contributed by atoms with E-state index in [1.54, 1.807) is 31.4 Å². The number of carboxylic acids is 1. The summed E-state index contributed by atoms with van der Waals surface area (Å²) in [7, 11) is 9.17. The van der Waals surface area contributed by atoms with Crippen LogP contribution in [-0.2, 0) is 9.57 Å². The minimum atomic E-state index is -0.986. The molecule has 0 unspecified atom stereocenters. The molecule has 0 aromatic carbocycles. The molecule has 0 aliphatic heterocycles. The van der Waals surface area contributed by atoms with Gasteiger partial charge < -0.3 is 24.1 Å². The minimum absolute atomic E-state index is 0. The lowest BCUT2D eigenvalue weighted by Gasteiger charge is -2.13. The van der Waals surface area contributed by atoms with Gasteiger partial charge in [-0.25, -0.2) is 24.8 Å². The van der Waals surface area contributed by atoms with Crippen molar-refractivity contribution >= 4 is 30.1 Å². The van der Waals surface area contributed by atoms with Crippen LogP contribution in [0.25, 0.3) is 0 Å². The average Bonchev–Trinajstić information content (AvgIpc) is 3.01. The molecule has 226 valence electrons. The zero-order valence-electron chi connectivity index (χ0n) is 24.3. The highest BCUT2D eigenvalue weighted by Crippen LogP contribution is 2.09. The van der Waals surface area contributed by atoms with Gasteiger partial charge in [0.25, 0.3) is 5.91 Å². The third kappa shape index (κ3) is 15.8. The maximum absolute atomic E-state index is 11.5. The fraction of sp³-hybridized carbons (Fsp3) is 0.333. The Kier molecular flexibility index (Phi) is 21.3. The van der Waals surface area contributed by atoms with Crippen LogP contribution in [0.1, 0.15) is 44.9 Å². The zero-order valence-corrected chi connectivity index (χ0v) is 25.1. The van der Waals surface area contributed by atoms with Crippen LogP contribution in [0.5, 0.6) is 17.6 Å². The third-order valence-electron chi connectivity index (χ3n) is 4.59. The lowest BCUT2D eigenvalue weighted by atomic mass is 10.2. The van der Waals surface area contributed by atoms with E-state index < -0.39 is 5.97 Å². The summed E-state index contributed by atoms with van der Waals surface area (Å²) in [4.78, 5) is 48.8. The fourth-order valence-electron chi connectivity index (χ4n) is 2.23. The minimum Gasteiger partial charge on any atom is -0.481 e. The Morgan fingerprint density at radius 2 is 1.10 bits per heavy atom. The molecule has 0 aliphatic rings. The number of amides is 1. The molecule has 41 heavy (non-hydrogen) atoms. The Morgan fingerprint density at radius 1 is 0.732 bits per heavy atom. The van der Waals surface area contributed by atoms with Crippen LogP contribution < -0.4 is 14.2 Å². The molecule has 0 atom stereocenters. The van der Waals surface area contributed by atoms with Gasteiger partial charge in [0.2, 0.25) is 17.6 Å². The van der Waals surface area contributed by atoms with Crippen LogP contribution >= 0.6 is 12.4 Å². The highest BCUT2D eigenvalue weighted by Gasteiger charge is 2.11. The van der Waals surface area contributed by atoms with Crippen molar-refractivity contribution in [3.8, 4) is 17.6 Å². The Hall–Kier alpha value is -4.33. The van der Waals surface area contributed by atoms with Gasteiger partial charge in [-0.15, -0.1) is 12.4 Å². The molecular weight excluding hydrogens is 560 g/mol. The fourth-order valence-corrected chi connectivity index (χ4v) is 2.23. The van der Waals surface area contributed by atoms with Crippen molar-refractivity contribution in [3.63, 3.8) is 0 Å². The molecule has 3 rings (SSSR count). The van der Waals surface area contributed by atoms with Gasteiger partial charge in [0.15, 0.2) is 5.78 Å². The molecule has 0 spiro atoms. The normalized spacial score (nSPS) is 8.98. The molecule has 0 fully saturated rings. The molecule has 1 amide bonds. The number of pyridine rings is 3. The monoisotopic (exact) mass is 596 g/mol. The molecule has 13 nitrogen and oxygen atoms in total. The van der Waals surface area contributed by atoms with E-state index in [1.165, 1.54) is 73.1 Å². The van der Waals surface area contributed by atoms with Crippen LogP contribution in [-0.4, -0.2) is 92.0 Å². The number of halogens is 1. The van der Waals surface area contributed by atoms with Crippen LogP contribution in [0.15, 0.2) is 55.0 Å². The molecule has 3 aromatic rings. The van der Waals surface area contributed by atoms with Crippen molar-refractivity contribution in [1.29, 1.82) is 0 Å². The predicted molar refractivity (Wildman–Crippen MR) is 153 cm³/mol. The number of ether oxygens (including phenoxy) is 4. The van der Waals surface area contributed by atoms with E-state index >= 15 is 0 Å². The lowest BCUT2D eigenvalue weighted by Crippen LogP contribution is -2.25. The number of Topliss-reactive ketones (excluding diaryl/α,β-unsaturated/α-hetero) is 1. The maximum atomic E-state index is 11.5. The number of methoxy groups -OCH3 is 4. The number of aromatic nitrogens is 3. The van der Waals surface area contributed by atoms with Crippen LogP contribution in [0.3, 0.4) is 0 Å². The van der Waals surface area contributed by atoms with E-state index in [4.69, 9.17) is 24.2 Å². The zero-order chi connectivity index (χ0) is 30.5. The summed E-state index contributed by atoms with van der Waals surface area (Å²) >= 11 is 0. The van der Waals surface area contributed by atoms with Crippen LogP contribution in [0.4, 0.5) is 0 Å². The van der Waals surface area contributed by atoms with Gasteiger partial charge in [0.05, 0.1) is 39.6 Å². The first-order chi connectivity index (χ1) is 19.1. The van der Waals surface area contributed by atoms with Gasteiger partial charge in [-0.1, -0.05) is 0 Å². The number of carbonyl (C=O) groups excluding carboxylic acids is 2. The summed E-state index contributed by atoms with van der Waals surface area (Å²) in [5.41, 5.74) is 1.21. The summed E-state index contributed by atoms with van der Waals surface area (Å²) in [6, 6.07) is 9.54. The molecule has 1 N–H and O–H groups in total. The van der Waals surface area contributed by atoms with E-state index in [0.29, 0.717) is 28.8 Å². The Bertz CT molecular complexity index is 1090. The van der Waals surface area contributed by atoms with E-state index in [0.717, 1.165) is 11.7 Å². The first-order valence-corrected chi connectivity index (χ1v) is 11.6. The highest BCUT2D eigenvalue weighted by molar-refractivity contribution is 5.94. The van der Waals surface area contributed by atoms with Crippen molar-refractivity contribution in [2.24, 2.45) is 0 Å². The van der Waals surface area contributed by atoms with Gasteiger partial charge in [0, 0.05) is 63.1 Å². The standard InChI is InChI=1S/C9H12N2O3.C8H9NO2.C7H7NO3.C3H8O.ClH/c1-11(14-3)9(12)7-4-5-8(13-2)10-6-7;1-6(10)7-3-4-8(11-2)9-5-7;1-11-6-3-2-5(4-8-6)7(9)10;1-3-4-2;/h4-6H,1-3H3;3-5H,1-2H3;2-4H,1H3,(H,9,10);3H2,1-2H3;1H. The molecule has 0 bridgehead atoms. The summed E-state index contributed by atoms with van der Waals surface area (Å²) in [6.07, 6.45) is 4.19. The van der Waals surface area contributed by atoms with Crippen molar-refractivity contribution in [2.45, 2.75) is 13.8 Å². The average molecular weight is 597 g/mol. The summed E-state index contributed by atoms with van der Waals surface area (Å²) in [5.74, 6) is 0.189. The van der Waals surface area contributed by atoms with Gasteiger partial charge in [-0.05, 0) is 32.0 Å². The van der Waals surface area contributed by atoms with Crippen molar-refractivity contribution < 1.29 is 43.3 Å². The van der Waals surface area contributed by atoms with Gasteiger partial charge in [0.1, 0.15) is 0 Å². The second-order valence-electron chi connectivity index (χ2n) is 7.19. The molecule has 0 saturated carbocycles. The topological polar surface area (TPSA) is 160 Å². The number of carbonyl (C=O) groups is 3. The quantitative estimate of drug-likeness (QED) is 0.296. The molecule has 3 aromatic heterocycles. The molecule has 0 radical (unpaired) electrons. The first kappa shape index (κ1) is 38.8.